The van der Waals surface area contributed by atoms with Gasteiger partial charge < -0.3 is 10.0 Å². The molecule has 2 aliphatic heterocycles. The maximum atomic E-state index is 12.3. The summed E-state index contributed by atoms with van der Waals surface area (Å²) < 4.78 is 0. The highest BCUT2D eigenvalue weighted by molar-refractivity contribution is 5.81. The minimum Gasteiger partial charge on any atom is -0.480 e. The van der Waals surface area contributed by atoms with Crippen molar-refractivity contribution in [3.8, 4) is 0 Å². The molecule has 0 radical (unpaired) electrons. The first-order valence-corrected chi connectivity index (χ1v) is 8.68. The molecule has 1 aromatic rings. The van der Waals surface area contributed by atoms with Crippen LogP contribution in [0.1, 0.15) is 25.1 Å². The molecule has 8 nitrogen and oxygen atoms in total. The number of aliphatic carboxylic acids is 1. The number of likely N-dealkylation sites (N-methyl/N-ethyl adjacent to an activating group) is 1. The standard InChI is InChI=1S/C17H25N5O3/c1-20-9-10-21(11-14-18-6-2-7-19-14)13-17(20)4-3-15(23)22(8-5-17)12-16(24)25/h2,6-7H,3-5,8-13H2,1H3,(H,24,25)/t17-/m1/s1. The van der Waals surface area contributed by atoms with Crippen LogP contribution in [0.15, 0.2) is 18.5 Å². The number of piperazine rings is 1. The molecule has 0 aromatic carbocycles. The van der Waals surface area contributed by atoms with E-state index in [4.69, 9.17) is 5.11 Å². The molecule has 2 aliphatic rings. The van der Waals surface area contributed by atoms with Crippen LogP contribution >= 0.6 is 0 Å². The van der Waals surface area contributed by atoms with Crippen LogP contribution in [0.2, 0.25) is 0 Å². The Balaban J connectivity index is 1.70. The number of hydrogen-bond acceptors (Lipinski definition) is 6. The molecule has 0 aliphatic carbocycles. The third-order valence-electron chi connectivity index (χ3n) is 5.39. The van der Waals surface area contributed by atoms with Gasteiger partial charge in [0.1, 0.15) is 12.4 Å². The fourth-order valence-electron chi connectivity index (χ4n) is 3.85. The molecular formula is C17H25N5O3. The Morgan fingerprint density at radius 2 is 2.00 bits per heavy atom. The van der Waals surface area contributed by atoms with Crippen LogP contribution < -0.4 is 0 Å². The summed E-state index contributed by atoms with van der Waals surface area (Å²) in [5.41, 5.74) is -0.101. The number of carbonyl (C=O) groups excluding carboxylic acids is 1. The molecular weight excluding hydrogens is 322 g/mol. The number of hydrogen-bond donors (Lipinski definition) is 1. The predicted molar refractivity (Wildman–Crippen MR) is 90.7 cm³/mol. The average molecular weight is 347 g/mol. The van der Waals surface area contributed by atoms with E-state index in [9.17, 15) is 9.59 Å². The molecule has 25 heavy (non-hydrogen) atoms. The van der Waals surface area contributed by atoms with Crippen LogP contribution in [0.4, 0.5) is 0 Å². The lowest BCUT2D eigenvalue weighted by atomic mass is 9.86. The molecule has 1 spiro atoms. The molecule has 1 atom stereocenters. The Morgan fingerprint density at radius 1 is 1.24 bits per heavy atom. The zero-order valence-corrected chi connectivity index (χ0v) is 14.6. The van der Waals surface area contributed by atoms with Gasteiger partial charge in [-0.05, 0) is 26.0 Å². The molecule has 3 rings (SSSR count). The molecule has 1 N–H and O–H groups in total. The molecule has 2 saturated heterocycles. The van der Waals surface area contributed by atoms with Crippen molar-refractivity contribution in [2.75, 3.05) is 39.8 Å². The molecule has 2 fully saturated rings. The second-order valence-corrected chi connectivity index (χ2v) is 6.98. The summed E-state index contributed by atoms with van der Waals surface area (Å²) in [6, 6.07) is 1.81. The fraction of sp³-hybridized carbons (Fsp3) is 0.647. The molecule has 0 unspecified atom stereocenters. The molecule has 3 heterocycles. The first-order chi connectivity index (χ1) is 12.0. The van der Waals surface area contributed by atoms with Gasteiger partial charge in [0.15, 0.2) is 0 Å². The number of carboxylic acid groups (broad SMARTS) is 1. The normalized spacial score (nSPS) is 26.0. The lowest BCUT2D eigenvalue weighted by Gasteiger charge is -2.49. The van der Waals surface area contributed by atoms with Gasteiger partial charge in [0.25, 0.3) is 0 Å². The predicted octanol–water partition coefficient (Wildman–Crippen LogP) is 0.0599. The van der Waals surface area contributed by atoms with Crippen LogP contribution in [0.25, 0.3) is 0 Å². The topological polar surface area (TPSA) is 89.9 Å². The Bertz CT molecular complexity index is 626. The molecule has 136 valence electrons. The molecule has 0 saturated carbocycles. The van der Waals surface area contributed by atoms with E-state index in [0.29, 0.717) is 19.5 Å². The number of aromatic nitrogens is 2. The first-order valence-electron chi connectivity index (χ1n) is 8.68. The smallest absolute Gasteiger partial charge is 0.323 e. The summed E-state index contributed by atoms with van der Waals surface area (Å²) >= 11 is 0. The van der Waals surface area contributed by atoms with E-state index in [2.05, 4.69) is 26.8 Å². The van der Waals surface area contributed by atoms with Crippen LogP contribution in [0, 0.1) is 0 Å². The summed E-state index contributed by atoms with van der Waals surface area (Å²) in [4.78, 5) is 38.0. The van der Waals surface area contributed by atoms with E-state index in [1.807, 2.05) is 6.07 Å². The van der Waals surface area contributed by atoms with Crippen molar-refractivity contribution in [2.24, 2.45) is 0 Å². The quantitative estimate of drug-likeness (QED) is 0.824. The highest BCUT2D eigenvalue weighted by Gasteiger charge is 2.42. The van der Waals surface area contributed by atoms with E-state index >= 15 is 0 Å². The van der Waals surface area contributed by atoms with Crippen molar-refractivity contribution in [3.05, 3.63) is 24.3 Å². The Hall–Kier alpha value is -2.06. The minimum absolute atomic E-state index is 0.0591. The Labute approximate surface area is 147 Å². The van der Waals surface area contributed by atoms with Crippen molar-refractivity contribution >= 4 is 11.9 Å². The van der Waals surface area contributed by atoms with Gasteiger partial charge in [-0.15, -0.1) is 0 Å². The zero-order valence-electron chi connectivity index (χ0n) is 14.6. The number of carbonyl (C=O) groups is 2. The van der Waals surface area contributed by atoms with E-state index in [1.54, 1.807) is 12.4 Å². The monoisotopic (exact) mass is 347 g/mol. The first kappa shape index (κ1) is 17.8. The highest BCUT2D eigenvalue weighted by atomic mass is 16.4. The van der Waals surface area contributed by atoms with Gasteiger partial charge in [0, 0.05) is 50.5 Å². The van der Waals surface area contributed by atoms with Gasteiger partial charge in [0.2, 0.25) is 5.91 Å². The Kier molecular flexibility index (Phi) is 5.29. The van der Waals surface area contributed by atoms with Gasteiger partial charge in [-0.25, -0.2) is 9.97 Å². The van der Waals surface area contributed by atoms with Crippen LogP contribution in [-0.4, -0.2) is 87.0 Å². The second-order valence-electron chi connectivity index (χ2n) is 6.98. The van der Waals surface area contributed by atoms with Crippen molar-refractivity contribution < 1.29 is 14.7 Å². The number of rotatable bonds is 4. The summed E-state index contributed by atoms with van der Waals surface area (Å²) in [6.07, 6.45) is 5.44. The van der Waals surface area contributed by atoms with Gasteiger partial charge >= 0.3 is 5.97 Å². The number of carboxylic acids is 1. The van der Waals surface area contributed by atoms with E-state index in [0.717, 1.165) is 38.3 Å². The lowest BCUT2D eigenvalue weighted by Crippen LogP contribution is -2.60. The summed E-state index contributed by atoms with van der Waals surface area (Å²) in [7, 11) is 2.10. The second kappa shape index (κ2) is 7.45. The van der Waals surface area contributed by atoms with Gasteiger partial charge in [-0.2, -0.15) is 0 Å². The summed E-state index contributed by atoms with van der Waals surface area (Å²) in [5.74, 6) is -0.209. The number of amides is 1. The van der Waals surface area contributed by atoms with E-state index in [1.165, 1.54) is 4.90 Å². The minimum atomic E-state index is -0.954. The number of likely N-dealkylation sites (tertiary alicyclic amines) is 1. The maximum Gasteiger partial charge on any atom is 0.323 e. The van der Waals surface area contributed by atoms with Gasteiger partial charge in [0.05, 0.1) is 6.54 Å². The third kappa shape index (κ3) is 4.13. The van der Waals surface area contributed by atoms with Crippen molar-refractivity contribution in [2.45, 2.75) is 31.3 Å². The molecule has 1 amide bonds. The SMILES string of the molecule is CN1CCN(Cc2ncccn2)C[C@]12CCC(=O)N(CC(=O)O)CC2. The van der Waals surface area contributed by atoms with E-state index in [-0.39, 0.29) is 18.0 Å². The Morgan fingerprint density at radius 3 is 2.72 bits per heavy atom. The van der Waals surface area contributed by atoms with Gasteiger partial charge in [-0.3, -0.25) is 19.4 Å². The van der Waals surface area contributed by atoms with Crippen LogP contribution in [0.3, 0.4) is 0 Å². The fourth-order valence-corrected chi connectivity index (χ4v) is 3.85. The number of nitrogens with zero attached hydrogens (tertiary/aromatic N) is 5. The van der Waals surface area contributed by atoms with Crippen LogP contribution in [-0.2, 0) is 16.1 Å². The lowest BCUT2D eigenvalue weighted by molar-refractivity contribution is -0.144. The van der Waals surface area contributed by atoms with Crippen molar-refractivity contribution in [1.82, 2.24) is 24.7 Å². The summed E-state index contributed by atoms with van der Waals surface area (Å²) in [5, 5.41) is 9.01. The van der Waals surface area contributed by atoms with Crippen molar-refractivity contribution in [3.63, 3.8) is 0 Å². The molecule has 8 heteroatoms. The molecule has 1 aromatic heterocycles. The highest BCUT2D eigenvalue weighted by Crippen LogP contribution is 2.32. The van der Waals surface area contributed by atoms with Crippen molar-refractivity contribution in [1.29, 1.82) is 0 Å². The zero-order chi connectivity index (χ0) is 17.9. The third-order valence-corrected chi connectivity index (χ3v) is 5.39. The van der Waals surface area contributed by atoms with E-state index < -0.39 is 5.97 Å². The maximum absolute atomic E-state index is 12.3. The molecule has 0 bridgehead atoms. The van der Waals surface area contributed by atoms with Gasteiger partial charge in [-0.1, -0.05) is 0 Å². The van der Waals surface area contributed by atoms with Crippen LogP contribution in [0.5, 0.6) is 0 Å². The average Bonchev–Trinajstić information content (AvgIpc) is 2.74. The largest absolute Gasteiger partial charge is 0.480 e. The summed E-state index contributed by atoms with van der Waals surface area (Å²) in [6.45, 7) is 3.67.